The fourth-order valence-corrected chi connectivity index (χ4v) is 1.45. The van der Waals surface area contributed by atoms with Crippen molar-refractivity contribution in [3.63, 3.8) is 0 Å². The van der Waals surface area contributed by atoms with Gasteiger partial charge in [-0.1, -0.05) is 0 Å². The molecule has 17 heavy (non-hydrogen) atoms. The maximum atomic E-state index is 11.7. The van der Waals surface area contributed by atoms with Gasteiger partial charge in [-0.25, -0.2) is 0 Å². The van der Waals surface area contributed by atoms with Crippen molar-refractivity contribution < 1.29 is 9.90 Å². The second kappa shape index (κ2) is 5.54. The predicted octanol–water partition coefficient (Wildman–Crippen LogP) is 0.445. The van der Waals surface area contributed by atoms with Crippen molar-refractivity contribution >= 4 is 17.3 Å². The van der Waals surface area contributed by atoms with E-state index >= 15 is 0 Å². The van der Waals surface area contributed by atoms with Crippen molar-refractivity contribution in [3.8, 4) is 0 Å². The number of benzene rings is 1. The first-order valence-electron chi connectivity index (χ1n) is 5.45. The van der Waals surface area contributed by atoms with Crippen molar-refractivity contribution in [1.29, 1.82) is 0 Å². The fraction of sp³-hybridized carbons (Fsp3) is 0.417. The SMILES string of the molecule is CC(O)CNC(=O)c1ccc(N(C)C)c(N)c1. The second-order valence-electron chi connectivity index (χ2n) is 4.23. The molecule has 5 nitrogen and oxygen atoms in total. The number of nitrogens with two attached hydrogens (primary N) is 1. The van der Waals surface area contributed by atoms with Gasteiger partial charge in [0.2, 0.25) is 0 Å². The summed E-state index contributed by atoms with van der Waals surface area (Å²) < 4.78 is 0. The Balaban J connectivity index is 2.79. The monoisotopic (exact) mass is 237 g/mol. The number of carbonyl (C=O) groups is 1. The lowest BCUT2D eigenvalue weighted by atomic mass is 10.1. The summed E-state index contributed by atoms with van der Waals surface area (Å²) in [5, 5.41) is 11.7. The number of nitrogens with zero attached hydrogens (tertiary/aromatic N) is 1. The molecule has 5 heteroatoms. The predicted molar refractivity (Wildman–Crippen MR) is 69.2 cm³/mol. The summed E-state index contributed by atoms with van der Waals surface area (Å²) in [5.41, 5.74) is 7.77. The van der Waals surface area contributed by atoms with Crippen LogP contribution in [0.3, 0.4) is 0 Å². The Hall–Kier alpha value is -1.75. The van der Waals surface area contributed by atoms with Crippen LogP contribution in [0, 0.1) is 0 Å². The molecule has 1 unspecified atom stereocenters. The largest absolute Gasteiger partial charge is 0.397 e. The maximum absolute atomic E-state index is 11.7. The Morgan fingerprint density at radius 2 is 2.18 bits per heavy atom. The van der Waals surface area contributed by atoms with Crippen LogP contribution in [0.5, 0.6) is 0 Å². The Labute approximate surface area is 101 Å². The summed E-state index contributed by atoms with van der Waals surface area (Å²) in [6.07, 6.45) is -0.558. The first kappa shape index (κ1) is 13.3. The Bertz CT molecular complexity index is 403. The molecule has 0 radical (unpaired) electrons. The fourth-order valence-electron chi connectivity index (χ4n) is 1.45. The van der Waals surface area contributed by atoms with Crippen molar-refractivity contribution in [2.45, 2.75) is 13.0 Å². The smallest absolute Gasteiger partial charge is 0.251 e. The van der Waals surface area contributed by atoms with E-state index in [2.05, 4.69) is 5.32 Å². The van der Waals surface area contributed by atoms with Crippen molar-refractivity contribution in [2.24, 2.45) is 0 Å². The third-order valence-corrected chi connectivity index (χ3v) is 2.33. The summed E-state index contributed by atoms with van der Waals surface area (Å²) >= 11 is 0. The molecule has 94 valence electrons. The highest BCUT2D eigenvalue weighted by atomic mass is 16.3. The van der Waals surface area contributed by atoms with E-state index in [0.29, 0.717) is 11.3 Å². The van der Waals surface area contributed by atoms with E-state index in [1.165, 1.54) is 0 Å². The van der Waals surface area contributed by atoms with Crippen LogP contribution in [-0.4, -0.2) is 37.8 Å². The van der Waals surface area contributed by atoms with Gasteiger partial charge in [-0.15, -0.1) is 0 Å². The molecule has 1 rings (SSSR count). The van der Waals surface area contributed by atoms with Crippen molar-refractivity contribution in [3.05, 3.63) is 23.8 Å². The number of carbonyl (C=O) groups excluding carboxylic acids is 1. The molecule has 0 aliphatic heterocycles. The minimum atomic E-state index is -0.558. The van der Waals surface area contributed by atoms with Crippen molar-refractivity contribution in [1.82, 2.24) is 5.32 Å². The molecule has 4 N–H and O–H groups in total. The number of anilines is 2. The van der Waals surface area contributed by atoms with Gasteiger partial charge in [-0.05, 0) is 25.1 Å². The lowest BCUT2D eigenvalue weighted by Crippen LogP contribution is -2.30. The molecule has 1 atom stereocenters. The molecule has 1 amide bonds. The number of hydrogen-bond acceptors (Lipinski definition) is 4. The van der Waals surface area contributed by atoms with Gasteiger partial charge in [0.1, 0.15) is 0 Å². The molecule has 0 saturated carbocycles. The molecule has 0 aliphatic carbocycles. The van der Waals surface area contributed by atoms with Gasteiger partial charge >= 0.3 is 0 Å². The average Bonchev–Trinajstić information content (AvgIpc) is 2.25. The van der Waals surface area contributed by atoms with Gasteiger partial charge in [0.05, 0.1) is 17.5 Å². The Morgan fingerprint density at radius 1 is 1.53 bits per heavy atom. The number of aliphatic hydroxyl groups is 1. The lowest BCUT2D eigenvalue weighted by Gasteiger charge is -2.16. The van der Waals surface area contributed by atoms with Crippen molar-refractivity contribution in [2.75, 3.05) is 31.3 Å². The summed E-state index contributed by atoms with van der Waals surface area (Å²) in [7, 11) is 3.78. The summed E-state index contributed by atoms with van der Waals surface area (Å²) in [6, 6.07) is 5.14. The molecule has 0 fully saturated rings. The zero-order chi connectivity index (χ0) is 13.0. The van der Waals surface area contributed by atoms with Gasteiger partial charge in [0, 0.05) is 26.2 Å². The van der Waals surface area contributed by atoms with E-state index in [1.807, 2.05) is 19.0 Å². The van der Waals surface area contributed by atoms with Gasteiger partial charge in [0.25, 0.3) is 5.91 Å². The topological polar surface area (TPSA) is 78.6 Å². The van der Waals surface area contributed by atoms with E-state index in [9.17, 15) is 4.79 Å². The lowest BCUT2D eigenvalue weighted by molar-refractivity contribution is 0.0924. The van der Waals surface area contributed by atoms with E-state index in [4.69, 9.17) is 10.8 Å². The quantitative estimate of drug-likeness (QED) is 0.664. The highest BCUT2D eigenvalue weighted by molar-refractivity contribution is 5.96. The molecule has 0 spiro atoms. The summed E-state index contributed by atoms with van der Waals surface area (Å²) in [6.45, 7) is 1.85. The van der Waals surface area contributed by atoms with Crippen LogP contribution in [0.1, 0.15) is 17.3 Å². The van der Waals surface area contributed by atoms with Crippen LogP contribution in [0.2, 0.25) is 0 Å². The maximum Gasteiger partial charge on any atom is 0.251 e. The molecular formula is C12H19N3O2. The molecule has 0 aromatic heterocycles. The summed E-state index contributed by atoms with van der Waals surface area (Å²) in [5.74, 6) is -0.233. The minimum Gasteiger partial charge on any atom is -0.397 e. The molecule has 0 heterocycles. The number of hydrogen-bond donors (Lipinski definition) is 3. The van der Waals surface area contributed by atoms with Crippen LogP contribution in [-0.2, 0) is 0 Å². The standard InChI is InChI=1S/C12H19N3O2/c1-8(16)7-14-12(17)9-4-5-11(15(2)3)10(13)6-9/h4-6,8,16H,7,13H2,1-3H3,(H,14,17). The number of nitrogens with one attached hydrogen (secondary N) is 1. The summed E-state index contributed by atoms with van der Waals surface area (Å²) in [4.78, 5) is 13.6. The van der Waals surface area contributed by atoms with E-state index in [-0.39, 0.29) is 12.5 Å². The first-order chi connectivity index (χ1) is 7.91. The number of nitrogen functional groups attached to an aromatic ring is 1. The molecule has 1 aromatic rings. The zero-order valence-corrected chi connectivity index (χ0v) is 10.4. The van der Waals surface area contributed by atoms with Gasteiger partial charge < -0.3 is 21.1 Å². The molecule has 0 bridgehead atoms. The molecular weight excluding hydrogens is 218 g/mol. The van der Waals surface area contributed by atoms with E-state index < -0.39 is 6.10 Å². The van der Waals surface area contributed by atoms with Crippen LogP contribution in [0.25, 0.3) is 0 Å². The van der Waals surface area contributed by atoms with Crippen LogP contribution >= 0.6 is 0 Å². The van der Waals surface area contributed by atoms with E-state index in [0.717, 1.165) is 5.69 Å². The Kier molecular flexibility index (Phi) is 4.34. The molecule has 0 saturated heterocycles. The minimum absolute atomic E-state index is 0.230. The van der Waals surface area contributed by atoms with Gasteiger partial charge in [0.15, 0.2) is 0 Å². The van der Waals surface area contributed by atoms with Crippen LogP contribution in [0.15, 0.2) is 18.2 Å². The van der Waals surface area contributed by atoms with E-state index in [1.54, 1.807) is 25.1 Å². The zero-order valence-electron chi connectivity index (χ0n) is 10.4. The second-order valence-corrected chi connectivity index (χ2v) is 4.23. The van der Waals surface area contributed by atoms with Crippen LogP contribution in [0.4, 0.5) is 11.4 Å². The molecule has 0 aliphatic rings. The number of amides is 1. The van der Waals surface area contributed by atoms with Crippen LogP contribution < -0.4 is 16.0 Å². The van der Waals surface area contributed by atoms with Gasteiger partial charge in [-0.3, -0.25) is 4.79 Å². The Morgan fingerprint density at radius 3 is 2.65 bits per heavy atom. The third kappa shape index (κ3) is 3.64. The third-order valence-electron chi connectivity index (χ3n) is 2.33. The average molecular weight is 237 g/mol. The number of rotatable bonds is 4. The normalized spacial score (nSPS) is 12.0. The highest BCUT2D eigenvalue weighted by Crippen LogP contribution is 2.22. The highest BCUT2D eigenvalue weighted by Gasteiger charge is 2.09. The number of aliphatic hydroxyl groups excluding tert-OH is 1. The van der Waals surface area contributed by atoms with Gasteiger partial charge in [-0.2, -0.15) is 0 Å². The molecule has 1 aromatic carbocycles. The first-order valence-corrected chi connectivity index (χ1v) is 5.45.